The molecule has 2 aromatic rings. The molecule has 0 fully saturated rings. The highest BCUT2D eigenvalue weighted by atomic mass is 32.2. The second kappa shape index (κ2) is 6.59. The summed E-state index contributed by atoms with van der Waals surface area (Å²) in [5, 5.41) is 0. The first-order valence-corrected chi connectivity index (χ1v) is 8.06. The molecule has 4 N–H and O–H groups in total. The maximum atomic E-state index is 12.4. The summed E-state index contributed by atoms with van der Waals surface area (Å²) in [6.45, 7) is 1.39. The van der Waals surface area contributed by atoms with Gasteiger partial charge >= 0.3 is 0 Å². The highest BCUT2D eigenvalue weighted by molar-refractivity contribution is 7.92. The van der Waals surface area contributed by atoms with Gasteiger partial charge in [-0.15, -0.1) is 0 Å². The number of anilines is 1. The monoisotopic (exact) mass is 333 g/mol. The fourth-order valence-electron chi connectivity index (χ4n) is 1.90. The van der Waals surface area contributed by atoms with Crippen LogP contribution in [0.5, 0.6) is 0 Å². The summed E-state index contributed by atoms with van der Waals surface area (Å²) in [5.74, 6) is 4.27. The van der Waals surface area contributed by atoms with Crippen LogP contribution in [-0.2, 0) is 10.0 Å². The van der Waals surface area contributed by atoms with E-state index in [9.17, 15) is 18.0 Å². The number of benzene rings is 2. The van der Waals surface area contributed by atoms with Crippen molar-refractivity contribution in [1.29, 1.82) is 0 Å². The smallest absolute Gasteiger partial charge is 0.265 e. The number of carbonyl (C=O) groups is 2. The number of hydrogen-bond donors (Lipinski definition) is 3. The molecule has 0 spiro atoms. The van der Waals surface area contributed by atoms with Gasteiger partial charge in [-0.05, 0) is 37.3 Å². The Labute approximate surface area is 133 Å². The van der Waals surface area contributed by atoms with Crippen molar-refractivity contribution in [3.05, 3.63) is 59.7 Å². The third-order valence-electron chi connectivity index (χ3n) is 3.06. The summed E-state index contributed by atoms with van der Waals surface area (Å²) < 4.78 is 27.1. The van der Waals surface area contributed by atoms with E-state index in [1.807, 2.05) is 5.43 Å². The van der Waals surface area contributed by atoms with E-state index < -0.39 is 15.9 Å². The molecule has 0 bridgehead atoms. The summed E-state index contributed by atoms with van der Waals surface area (Å²) in [4.78, 5) is 22.7. The van der Waals surface area contributed by atoms with Crippen LogP contribution in [0.3, 0.4) is 0 Å². The molecule has 0 heterocycles. The number of rotatable bonds is 5. The molecule has 0 saturated heterocycles. The van der Waals surface area contributed by atoms with Gasteiger partial charge in [0, 0.05) is 16.8 Å². The first-order chi connectivity index (χ1) is 10.8. The molecule has 0 aliphatic rings. The fraction of sp³-hybridized carbons (Fsp3) is 0.0667. The molecule has 120 valence electrons. The minimum atomic E-state index is -3.90. The number of ketones is 1. The number of nitrogens with two attached hydrogens (primary N) is 1. The minimum Gasteiger partial charge on any atom is -0.295 e. The first-order valence-electron chi connectivity index (χ1n) is 6.58. The van der Waals surface area contributed by atoms with Crippen molar-refractivity contribution in [2.24, 2.45) is 5.84 Å². The molecule has 7 nitrogen and oxygen atoms in total. The number of hydrogen-bond acceptors (Lipinski definition) is 5. The molecule has 1 amide bonds. The van der Waals surface area contributed by atoms with Crippen molar-refractivity contribution in [3.8, 4) is 0 Å². The predicted molar refractivity (Wildman–Crippen MR) is 85.4 cm³/mol. The topological polar surface area (TPSA) is 118 Å². The molecule has 0 aromatic heterocycles. The molecular weight excluding hydrogens is 318 g/mol. The second-order valence-corrected chi connectivity index (χ2v) is 6.43. The zero-order valence-electron chi connectivity index (χ0n) is 12.2. The molecular formula is C15H15N3O4S. The Morgan fingerprint density at radius 3 is 2.30 bits per heavy atom. The maximum Gasteiger partial charge on any atom is 0.265 e. The first kappa shape index (κ1) is 16.7. The standard InChI is InChI=1S/C15H15N3O4S/c1-10(19)11-4-2-6-13(8-11)18-23(21,22)14-7-3-5-12(9-14)15(20)17-16/h2-9,18H,16H2,1H3,(H,17,20). The zero-order chi connectivity index (χ0) is 17.0. The van der Waals surface area contributed by atoms with Gasteiger partial charge in [0.05, 0.1) is 4.90 Å². The van der Waals surface area contributed by atoms with Crippen molar-refractivity contribution in [2.45, 2.75) is 11.8 Å². The Morgan fingerprint density at radius 2 is 1.65 bits per heavy atom. The van der Waals surface area contributed by atoms with Crippen molar-refractivity contribution in [2.75, 3.05) is 4.72 Å². The quantitative estimate of drug-likeness (QED) is 0.330. The van der Waals surface area contributed by atoms with Gasteiger partial charge < -0.3 is 0 Å². The van der Waals surface area contributed by atoms with E-state index in [0.29, 0.717) is 5.56 Å². The highest BCUT2D eigenvalue weighted by Gasteiger charge is 2.16. The molecule has 0 atom stereocenters. The Hall–Kier alpha value is -2.71. The normalized spacial score (nSPS) is 10.9. The van der Waals surface area contributed by atoms with Gasteiger partial charge in [-0.3, -0.25) is 19.7 Å². The van der Waals surface area contributed by atoms with E-state index in [1.165, 1.54) is 43.3 Å². The van der Waals surface area contributed by atoms with Crippen molar-refractivity contribution >= 4 is 27.4 Å². The van der Waals surface area contributed by atoms with Gasteiger partial charge in [0.1, 0.15) is 0 Å². The fourth-order valence-corrected chi connectivity index (χ4v) is 3.00. The maximum absolute atomic E-state index is 12.4. The largest absolute Gasteiger partial charge is 0.295 e. The molecule has 0 saturated carbocycles. The van der Waals surface area contributed by atoms with Crippen LogP contribution in [0.15, 0.2) is 53.4 Å². The van der Waals surface area contributed by atoms with E-state index in [1.54, 1.807) is 12.1 Å². The average Bonchev–Trinajstić information content (AvgIpc) is 2.54. The Balaban J connectivity index is 2.34. The third kappa shape index (κ3) is 3.93. The van der Waals surface area contributed by atoms with E-state index in [2.05, 4.69) is 4.72 Å². The predicted octanol–water partition coefficient (Wildman–Crippen LogP) is 1.29. The number of sulfonamides is 1. The van der Waals surface area contributed by atoms with E-state index in [0.717, 1.165) is 0 Å². The van der Waals surface area contributed by atoms with Crippen LogP contribution in [0.1, 0.15) is 27.6 Å². The molecule has 0 aliphatic heterocycles. The lowest BCUT2D eigenvalue weighted by Gasteiger charge is -2.10. The Kier molecular flexibility index (Phi) is 4.77. The molecule has 8 heteroatoms. The Bertz CT molecular complexity index is 863. The van der Waals surface area contributed by atoms with Crippen LogP contribution in [0.25, 0.3) is 0 Å². The number of nitrogens with one attached hydrogen (secondary N) is 2. The third-order valence-corrected chi connectivity index (χ3v) is 4.44. The van der Waals surface area contributed by atoms with Gasteiger partial charge in [0.2, 0.25) is 0 Å². The lowest BCUT2D eigenvalue weighted by molar-refractivity contribution is 0.0952. The van der Waals surface area contributed by atoms with Gasteiger partial charge in [-0.2, -0.15) is 0 Å². The van der Waals surface area contributed by atoms with Crippen molar-refractivity contribution < 1.29 is 18.0 Å². The summed E-state index contributed by atoms with van der Waals surface area (Å²) in [7, 11) is -3.90. The van der Waals surface area contributed by atoms with Crippen LogP contribution in [-0.4, -0.2) is 20.1 Å². The van der Waals surface area contributed by atoms with Gasteiger partial charge in [0.15, 0.2) is 5.78 Å². The van der Waals surface area contributed by atoms with Crippen molar-refractivity contribution in [1.82, 2.24) is 5.43 Å². The summed E-state index contributed by atoms with van der Waals surface area (Å²) in [6, 6.07) is 11.6. The molecule has 0 radical (unpaired) electrons. The van der Waals surface area contributed by atoms with Gasteiger partial charge in [-0.25, -0.2) is 14.3 Å². The molecule has 2 aromatic carbocycles. The van der Waals surface area contributed by atoms with E-state index >= 15 is 0 Å². The number of Topliss-reactive ketones (excluding diaryl/α,β-unsaturated/α-hetero) is 1. The van der Waals surface area contributed by atoms with Crippen LogP contribution < -0.4 is 16.0 Å². The SMILES string of the molecule is CC(=O)c1cccc(NS(=O)(=O)c2cccc(C(=O)NN)c2)c1. The average molecular weight is 333 g/mol. The van der Waals surface area contributed by atoms with Crippen LogP contribution in [0.4, 0.5) is 5.69 Å². The minimum absolute atomic E-state index is 0.0909. The molecule has 0 unspecified atom stereocenters. The number of amides is 1. The highest BCUT2D eigenvalue weighted by Crippen LogP contribution is 2.18. The number of hydrazine groups is 1. The number of nitrogen functional groups attached to an aromatic ring is 1. The molecule has 0 aliphatic carbocycles. The molecule has 23 heavy (non-hydrogen) atoms. The van der Waals surface area contributed by atoms with E-state index in [-0.39, 0.29) is 21.9 Å². The van der Waals surface area contributed by atoms with E-state index in [4.69, 9.17) is 5.84 Å². The lowest BCUT2D eigenvalue weighted by atomic mass is 10.1. The second-order valence-electron chi connectivity index (χ2n) is 4.74. The van der Waals surface area contributed by atoms with Crippen LogP contribution >= 0.6 is 0 Å². The van der Waals surface area contributed by atoms with Gasteiger partial charge in [-0.1, -0.05) is 18.2 Å². The Morgan fingerprint density at radius 1 is 1.00 bits per heavy atom. The number of carbonyl (C=O) groups excluding carboxylic acids is 2. The van der Waals surface area contributed by atoms with Crippen LogP contribution in [0.2, 0.25) is 0 Å². The van der Waals surface area contributed by atoms with Crippen LogP contribution in [0, 0.1) is 0 Å². The van der Waals surface area contributed by atoms with Crippen molar-refractivity contribution in [3.63, 3.8) is 0 Å². The summed E-state index contributed by atoms with van der Waals surface area (Å²) in [6.07, 6.45) is 0. The molecule has 2 rings (SSSR count). The van der Waals surface area contributed by atoms with Gasteiger partial charge in [0.25, 0.3) is 15.9 Å². The lowest BCUT2D eigenvalue weighted by Crippen LogP contribution is -2.30. The summed E-state index contributed by atoms with van der Waals surface area (Å²) in [5.41, 5.74) is 2.70. The summed E-state index contributed by atoms with van der Waals surface area (Å²) >= 11 is 0. The zero-order valence-corrected chi connectivity index (χ0v) is 13.1.